The molecule has 0 radical (unpaired) electrons. The number of hydrogen-bond acceptors (Lipinski definition) is 6. The molecular formula is C18H31N5O3. The van der Waals surface area contributed by atoms with E-state index < -0.39 is 0 Å². The lowest BCUT2D eigenvalue weighted by Crippen LogP contribution is -2.41. The van der Waals surface area contributed by atoms with Crippen LogP contribution in [0.25, 0.3) is 0 Å². The quantitative estimate of drug-likeness (QED) is 0.665. The Morgan fingerprint density at radius 3 is 2.85 bits per heavy atom. The van der Waals surface area contributed by atoms with Crippen molar-refractivity contribution in [2.24, 2.45) is 7.05 Å². The lowest BCUT2D eigenvalue weighted by Gasteiger charge is -2.32. The van der Waals surface area contributed by atoms with Crippen LogP contribution in [0.3, 0.4) is 0 Å². The zero-order valence-electron chi connectivity index (χ0n) is 16.0. The van der Waals surface area contributed by atoms with Gasteiger partial charge >= 0.3 is 0 Å². The number of aromatic nitrogens is 3. The van der Waals surface area contributed by atoms with Crippen molar-refractivity contribution in [2.45, 2.75) is 38.6 Å². The van der Waals surface area contributed by atoms with E-state index in [-0.39, 0.29) is 18.4 Å². The third-order valence-electron chi connectivity index (χ3n) is 5.18. The van der Waals surface area contributed by atoms with E-state index in [1.807, 2.05) is 18.9 Å². The molecular weight excluding hydrogens is 334 g/mol. The van der Waals surface area contributed by atoms with Crippen LogP contribution in [-0.4, -0.2) is 83.1 Å². The standard InChI is InChI=1S/C18H31N5O3/c1-3-9-26-14-17(24)23-6-4-5-15(12-23)18-20-19-16(21(18)2)13-22-7-10-25-11-8-22/h15H,3-14H2,1-2H3/t15-/m1/s1. The third-order valence-corrected chi connectivity index (χ3v) is 5.18. The zero-order valence-corrected chi connectivity index (χ0v) is 16.0. The van der Waals surface area contributed by atoms with Crippen molar-refractivity contribution in [3.05, 3.63) is 11.6 Å². The highest BCUT2D eigenvalue weighted by atomic mass is 16.5. The van der Waals surface area contributed by atoms with E-state index in [0.29, 0.717) is 13.2 Å². The summed E-state index contributed by atoms with van der Waals surface area (Å²) in [6.45, 7) is 8.61. The minimum atomic E-state index is 0.0823. The summed E-state index contributed by atoms with van der Waals surface area (Å²) in [4.78, 5) is 16.6. The van der Waals surface area contributed by atoms with Crippen LogP contribution < -0.4 is 0 Å². The van der Waals surface area contributed by atoms with Gasteiger partial charge < -0.3 is 18.9 Å². The molecule has 1 aromatic heterocycles. The number of likely N-dealkylation sites (tertiary alicyclic amines) is 1. The van der Waals surface area contributed by atoms with Crippen LogP contribution in [0.5, 0.6) is 0 Å². The molecule has 8 nitrogen and oxygen atoms in total. The predicted molar refractivity (Wildman–Crippen MR) is 96.8 cm³/mol. The van der Waals surface area contributed by atoms with E-state index >= 15 is 0 Å². The summed E-state index contributed by atoms with van der Waals surface area (Å²) in [6, 6.07) is 0. The van der Waals surface area contributed by atoms with Crippen LogP contribution in [-0.2, 0) is 27.9 Å². The summed E-state index contributed by atoms with van der Waals surface area (Å²) in [5.41, 5.74) is 0. The first kappa shape index (κ1) is 19.3. The monoisotopic (exact) mass is 365 g/mol. The first-order chi connectivity index (χ1) is 12.7. The minimum Gasteiger partial charge on any atom is -0.379 e. The summed E-state index contributed by atoms with van der Waals surface area (Å²) in [5, 5.41) is 8.88. The maximum absolute atomic E-state index is 12.3. The fraction of sp³-hybridized carbons (Fsp3) is 0.833. The number of hydrogen-bond donors (Lipinski definition) is 0. The molecule has 2 saturated heterocycles. The van der Waals surface area contributed by atoms with Crippen LogP contribution in [0, 0.1) is 0 Å². The van der Waals surface area contributed by atoms with Crippen molar-refractivity contribution >= 4 is 5.91 Å². The molecule has 0 aliphatic carbocycles. The minimum absolute atomic E-state index is 0.0823. The molecule has 0 bridgehead atoms. The van der Waals surface area contributed by atoms with E-state index in [2.05, 4.69) is 19.7 Å². The highest BCUT2D eigenvalue weighted by molar-refractivity contribution is 5.77. The fourth-order valence-corrected chi connectivity index (χ4v) is 3.64. The number of nitrogens with zero attached hydrogens (tertiary/aromatic N) is 5. The number of carbonyl (C=O) groups excluding carboxylic acids is 1. The van der Waals surface area contributed by atoms with Crippen molar-refractivity contribution in [1.29, 1.82) is 0 Å². The topological polar surface area (TPSA) is 72.7 Å². The SMILES string of the molecule is CCCOCC(=O)N1CCC[C@@H](c2nnc(CN3CCOCC3)n2C)C1. The van der Waals surface area contributed by atoms with Gasteiger partial charge in [0.2, 0.25) is 5.91 Å². The Kier molecular flexibility index (Phi) is 6.99. The Bertz CT molecular complexity index is 585. The zero-order chi connectivity index (χ0) is 18.4. The van der Waals surface area contributed by atoms with Gasteiger partial charge in [0, 0.05) is 45.8 Å². The number of morpholine rings is 1. The molecule has 0 aromatic carbocycles. The number of amides is 1. The van der Waals surface area contributed by atoms with Crippen LogP contribution in [0.15, 0.2) is 0 Å². The maximum Gasteiger partial charge on any atom is 0.248 e. The molecule has 2 aliphatic heterocycles. The van der Waals surface area contributed by atoms with Crippen molar-refractivity contribution in [3.8, 4) is 0 Å². The second-order valence-corrected chi connectivity index (χ2v) is 7.15. The molecule has 1 amide bonds. The Labute approximate surface area is 155 Å². The molecule has 0 spiro atoms. The van der Waals surface area contributed by atoms with Crippen LogP contribution in [0.2, 0.25) is 0 Å². The van der Waals surface area contributed by atoms with Crippen molar-refractivity contribution in [2.75, 3.05) is 52.6 Å². The molecule has 0 saturated carbocycles. The Morgan fingerprint density at radius 2 is 2.08 bits per heavy atom. The van der Waals surface area contributed by atoms with Crippen LogP contribution in [0.4, 0.5) is 0 Å². The summed E-state index contributed by atoms with van der Waals surface area (Å²) in [5.74, 6) is 2.30. The van der Waals surface area contributed by atoms with Crippen molar-refractivity contribution in [1.82, 2.24) is 24.6 Å². The summed E-state index contributed by atoms with van der Waals surface area (Å²) in [6.07, 6.45) is 2.97. The normalized spacial score (nSPS) is 21.9. The first-order valence-electron chi connectivity index (χ1n) is 9.72. The highest BCUT2D eigenvalue weighted by Gasteiger charge is 2.28. The lowest BCUT2D eigenvalue weighted by atomic mass is 9.97. The average molecular weight is 365 g/mol. The Hall–Kier alpha value is -1.51. The number of ether oxygens (including phenoxy) is 2. The van der Waals surface area contributed by atoms with E-state index in [0.717, 1.165) is 70.3 Å². The maximum atomic E-state index is 12.3. The molecule has 26 heavy (non-hydrogen) atoms. The second-order valence-electron chi connectivity index (χ2n) is 7.15. The second kappa shape index (κ2) is 9.43. The van der Waals surface area contributed by atoms with Gasteiger partial charge in [-0.3, -0.25) is 9.69 Å². The summed E-state index contributed by atoms with van der Waals surface area (Å²) in [7, 11) is 2.04. The Balaban J connectivity index is 1.58. The predicted octanol–water partition coefficient (Wildman–Crippen LogP) is 0.780. The molecule has 0 N–H and O–H groups in total. The van der Waals surface area contributed by atoms with Gasteiger partial charge in [-0.1, -0.05) is 6.92 Å². The molecule has 2 fully saturated rings. The molecule has 1 atom stereocenters. The molecule has 2 aliphatic rings. The summed E-state index contributed by atoms with van der Waals surface area (Å²) >= 11 is 0. The highest BCUT2D eigenvalue weighted by Crippen LogP contribution is 2.26. The van der Waals surface area contributed by atoms with E-state index in [9.17, 15) is 4.79 Å². The smallest absolute Gasteiger partial charge is 0.248 e. The molecule has 0 unspecified atom stereocenters. The Morgan fingerprint density at radius 1 is 1.27 bits per heavy atom. The van der Waals surface area contributed by atoms with Gasteiger partial charge in [0.05, 0.1) is 19.8 Å². The molecule has 1 aromatic rings. The summed E-state index contributed by atoms with van der Waals surface area (Å²) < 4.78 is 12.9. The van der Waals surface area contributed by atoms with Crippen molar-refractivity contribution in [3.63, 3.8) is 0 Å². The van der Waals surface area contributed by atoms with Gasteiger partial charge in [-0.2, -0.15) is 0 Å². The van der Waals surface area contributed by atoms with Gasteiger partial charge in [0.25, 0.3) is 0 Å². The fourth-order valence-electron chi connectivity index (χ4n) is 3.64. The van der Waals surface area contributed by atoms with Crippen molar-refractivity contribution < 1.29 is 14.3 Å². The largest absolute Gasteiger partial charge is 0.379 e. The molecule has 8 heteroatoms. The molecule has 3 rings (SSSR count). The molecule has 3 heterocycles. The van der Waals surface area contributed by atoms with Gasteiger partial charge in [-0.15, -0.1) is 10.2 Å². The lowest BCUT2D eigenvalue weighted by molar-refractivity contribution is -0.137. The van der Waals surface area contributed by atoms with Gasteiger partial charge in [0.1, 0.15) is 18.3 Å². The van der Waals surface area contributed by atoms with Gasteiger partial charge in [-0.25, -0.2) is 0 Å². The average Bonchev–Trinajstić information content (AvgIpc) is 3.03. The first-order valence-corrected chi connectivity index (χ1v) is 9.72. The van der Waals surface area contributed by atoms with Crippen LogP contribution >= 0.6 is 0 Å². The van der Waals surface area contributed by atoms with Crippen LogP contribution in [0.1, 0.15) is 43.8 Å². The van der Waals surface area contributed by atoms with E-state index in [1.54, 1.807) is 0 Å². The van der Waals surface area contributed by atoms with Gasteiger partial charge in [0.15, 0.2) is 0 Å². The molecule has 146 valence electrons. The van der Waals surface area contributed by atoms with E-state index in [1.165, 1.54) is 0 Å². The third kappa shape index (κ3) is 4.81. The van der Waals surface area contributed by atoms with Gasteiger partial charge in [-0.05, 0) is 19.3 Å². The number of piperidine rings is 1. The number of carbonyl (C=O) groups is 1. The number of rotatable bonds is 7. The van der Waals surface area contributed by atoms with E-state index in [4.69, 9.17) is 9.47 Å².